The van der Waals surface area contributed by atoms with Crippen LogP contribution in [0.25, 0.3) is 11.4 Å². The van der Waals surface area contributed by atoms with Crippen LogP contribution in [-0.4, -0.2) is 36.0 Å². The van der Waals surface area contributed by atoms with Gasteiger partial charge in [0.1, 0.15) is 17.6 Å². The normalized spacial score (nSPS) is 10.7. The quantitative estimate of drug-likeness (QED) is 0.411. The van der Waals surface area contributed by atoms with E-state index in [9.17, 15) is 4.79 Å². The number of benzene rings is 2. The minimum absolute atomic E-state index is 0.433. The van der Waals surface area contributed by atoms with Crippen LogP contribution in [0.1, 0.15) is 21.7 Å². The molecule has 2 heterocycles. The van der Waals surface area contributed by atoms with Gasteiger partial charge in [-0.05, 0) is 60.7 Å². The summed E-state index contributed by atoms with van der Waals surface area (Å²) in [6.07, 6.45) is 1.49. The van der Waals surface area contributed by atoms with Gasteiger partial charge in [-0.2, -0.15) is 5.10 Å². The van der Waals surface area contributed by atoms with Crippen LogP contribution in [0.15, 0.2) is 60.9 Å². The summed E-state index contributed by atoms with van der Waals surface area (Å²) < 4.78 is 8.79. The molecule has 0 saturated carbocycles. The summed E-state index contributed by atoms with van der Waals surface area (Å²) in [5, 5.41) is 15.5. The molecule has 8 heteroatoms. The molecule has 4 rings (SSSR count). The molecular formula is C19H16N6O2. The lowest BCUT2D eigenvalue weighted by molar-refractivity contribution is 0.0733. The summed E-state index contributed by atoms with van der Waals surface area (Å²) in [6.45, 7) is 3.65. The van der Waals surface area contributed by atoms with Crippen LogP contribution in [0.4, 0.5) is 0 Å². The molecule has 0 spiro atoms. The highest BCUT2D eigenvalue weighted by Gasteiger charge is 2.21. The third-order valence-corrected chi connectivity index (χ3v) is 4.16. The van der Waals surface area contributed by atoms with Crippen molar-refractivity contribution in [1.29, 1.82) is 0 Å². The first kappa shape index (κ1) is 16.6. The van der Waals surface area contributed by atoms with Gasteiger partial charge in [0, 0.05) is 0 Å². The Morgan fingerprint density at radius 1 is 0.963 bits per heavy atom. The van der Waals surface area contributed by atoms with Crippen LogP contribution in [0.5, 0.6) is 5.75 Å². The molecule has 4 aromatic rings. The number of hydrogen-bond acceptors (Lipinski definition) is 6. The van der Waals surface area contributed by atoms with Crippen molar-refractivity contribution >= 4 is 5.97 Å². The molecule has 0 atom stereocenters. The van der Waals surface area contributed by atoms with Crippen molar-refractivity contribution in [3.63, 3.8) is 0 Å². The fourth-order valence-corrected chi connectivity index (χ4v) is 2.86. The van der Waals surface area contributed by atoms with Gasteiger partial charge in [-0.1, -0.05) is 18.2 Å². The SMILES string of the molecule is Cc1nn(-c2ccccc2)c(C)c1C(=O)Oc1ccc(-n2cnnn2)cc1. The average Bonchev–Trinajstić information content (AvgIpc) is 3.31. The van der Waals surface area contributed by atoms with Crippen molar-refractivity contribution in [3.8, 4) is 17.1 Å². The smallest absolute Gasteiger partial charge is 0.347 e. The Balaban J connectivity index is 1.58. The summed E-state index contributed by atoms with van der Waals surface area (Å²) in [6, 6.07) is 16.6. The molecule has 0 bridgehead atoms. The van der Waals surface area contributed by atoms with Crippen molar-refractivity contribution < 1.29 is 9.53 Å². The third kappa shape index (κ3) is 3.20. The maximum absolute atomic E-state index is 12.7. The van der Waals surface area contributed by atoms with E-state index in [1.807, 2.05) is 37.3 Å². The molecule has 2 aromatic heterocycles. The Morgan fingerprint density at radius 2 is 1.70 bits per heavy atom. The molecule has 0 aliphatic carbocycles. The fourth-order valence-electron chi connectivity index (χ4n) is 2.86. The van der Waals surface area contributed by atoms with Crippen LogP contribution in [0.3, 0.4) is 0 Å². The molecule has 0 saturated heterocycles. The molecule has 0 N–H and O–H groups in total. The Bertz CT molecular complexity index is 1070. The second-order valence-corrected chi connectivity index (χ2v) is 5.93. The van der Waals surface area contributed by atoms with E-state index in [-0.39, 0.29) is 0 Å². The maximum Gasteiger partial charge on any atom is 0.347 e. The number of carbonyl (C=O) groups is 1. The highest BCUT2D eigenvalue weighted by molar-refractivity contribution is 5.93. The number of rotatable bonds is 4. The number of carbonyl (C=O) groups excluding carboxylic acids is 1. The first-order valence-electron chi connectivity index (χ1n) is 8.31. The van der Waals surface area contributed by atoms with E-state index in [1.165, 1.54) is 11.0 Å². The van der Waals surface area contributed by atoms with E-state index in [2.05, 4.69) is 20.6 Å². The van der Waals surface area contributed by atoms with E-state index < -0.39 is 5.97 Å². The van der Waals surface area contributed by atoms with Crippen molar-refractivity contribution in [2.45, 2.75) is 13.8 Å². The summed E-state index contributed by atoms with van der Waals surface area (Å²) >= 11 is 0. The lowest BCUT2D eigenvalue weighted by Gasteiger charge is -2.07. The summed E-state index contributed by atoms with van der Waals surface area (Å²) in [5.41, 5.74) is 3.47. The molecule has 0 radical (unpaired) electrons. The van der Waals surface area contributed by atoms with Crippen LogP contribution in [0.2, 0.25) is 0 Å². The summed E-state index contributed by atoms with van der Waals surface area (Å²) in [4.78, 5) is 12.7. The molecule has 0 amide bonds. The fraction of sp³-hybridized carbons (Fsp3) is 0.105. The van der Waals surface area contributed by atoms with Crippen molar-refractivity contribution in [2.75, 3.05) is 0 Å². The van der Waals surface area contributed by atoms with Gasteiger partial charge in [-0.15, -0.1) is 5.10 Å². The second-order valence-electron chi connectivity index (χ2n) is 5.93. The van der Waals surface area contributed by atoms with Crippen LogP contribution >= 0.6 is 0 Å². The molecule has 27 heavy (non-hydrogen) atoms. The number of nitrogens with zero attached hydrogens (tertiary/aromatic N) is 6. The first-order valence-corrected chi connectivity index (χ1v) is 8.31. The Hall–Kier alpha value is -3.81. The zero-order chi connectivity index (χ0) is 18.8. The minimum Gasteiger partial charge on any atom is -0.423 e. The van der Waals surface area contributed by atoms with Gasteiger partial charge in [-0.25, -0.2) is 14.2 Å². The van der Waals surface area contributed by atoms with Crippen LogP contribution < -0.4 is 4.74 Å². The molecule has 0 aliphatic heterocycles. The molecule has 0 aliphatic rings. The van der Waals surface area contributed by atoms with Crippen LogP contribution in [0, 0.1) is 13.8 Å². The highest BCUT2D eigenvalue weighted by Crippen LogP contribution is 2.21. The average molecular weight is 360 g/mol. The van der Waals surface area contributed by atoms with Gasteiger partial charge >= 0.3 is 5.97 Å². The number of hydrogen-bond donors (Lipinski definition) is 0. The Kier molecular flexibility index (Phi) is 4.21. The first-order chi connectivity index (χ1) is 13.1. The Morgan fingerprint density at radius 3 is 2.37 bits per heavy atom. The van der Waals surface area contributed by atoms with Gasteiger partial charge in [-0.3, -0.25) is 0 Å². The van der Waals surface area contributed by atoms with Crippen LogP contribution in [-0.2, 0) is 0 Å². The predicted molar refractivity (Wildman–Crippen MR) is 97.2 cm³/mol. The predicted octanol–water partition coefficient (Wildman–Crippen LogP) is 2.68. The molecular weight excluding hydrogens is 344 g/mol. The zero-order valence-electron chi connectivity index (χ0n) is 14.8. The topological polar surface area (TPSA) is 87.7 Å². The van der Waals surface area contributed by atoms with Crippen molar-refractivity contribution in [2.24, 2.45) is 0 Å². The number of aromatic nitrogens is 6. The van der Waals surface area contributed by atoms with Gasteiger partial charge in [0.25, 0.3) is 0 Å². The van der Waals surface area contributed by atoms with Gasteiger partial charge in [0.2, 0.25) is 0 Å². The molecule has 0 unspecified atom stereocenters. The molecule has 8 nitrogen and oxygen atoms in total. The van der Waals surface area contributed by atoms with E-state index in [1.54, 1.807) is 35.9 Å². The standard InChI is InChI=1S/C19H16N6O2/c1-13-18(14(2)25(21-13)16-6-4-3-5-7-16)19(26)27-17-10-8-15(9-11-17)24-12-20-22-23-24/h3-12H,1-2H3. The number of ether oxygens (including phenoxy) is 1. The van der Waals surface area contributed by atoms with E-state index in [0.717, 1.165) is 17.1 Å². The monoisotopic (exact) mass is 360 g/mol. The lowest BCUT2D eigenvalue weighted by atomic mass is 10.2. The third-order valence-electron chi connectivity index (χ3n) is 4.16. The minimum atomic E-state index is -0.442. The number of aryl methyl sites for hydroxylation is 1. The van der Waals surface area contributed by atoms with E-state index >= 15 is 0 Å². The van der Waals surface area contributed by atoms with Gasteiger partial charge < -0.3 is 4.74 Å². The molecule has 0 fully saturated rings. The molecule has 134 valence electrons. The summed E-state index contributed by atoms with van der Waals surface area (Å²) in [5.74, 6) is -0.00885. The van der Waals surface area contributed by atoms with E-state index in [4.69, 9.17) is 4.74 Å². The van der Waals surface area contributed by atoms with Crippen molar-refractivity contribution in [1.82, 2.24) is 30.0 Å². The van der Waals surface area contributed by atoms with Gasteiger partial charge in [0.05, 0.1) is 22.8 Å². The number of esters is 1. The number of para-hydroxylation sites is 1. The summed E-state index contributed by atoms with van der Waals surface area (Å²) in [7, 11) is 0. The number of tetrazole rings is 1. The van der Waals surface area contributed by atoms with E-state index in [0.29, 0.717) is 17.0 Å². The van der Waals surface area contributed by atoms with Gasteiger partial charge in [0.15, 0.2) is 0 Å². The maximum atomic E-state index is 12.7. The van der Waals surface area contributed by atoms with Crippen molar-refractivity contribution in [3.05, 3.63) is 77.9 Å². The zero-order valence-corrected chi connectivity index (χ0v) is 14.8. The lowest BCUT2D eigenvalue weighted by Crippen LogP contribution is -2.11. The second kappa shape index (κ2) is 6.83. The Labute approximate surface area is 155 Å². The molecule has 2 aromatic carbocycles. The highest BCUT2D eigenvalue weighted by atomic mass is 16.5. The largest absolute Gasteiger partial charge is 0.423 e.